The van der Waals surface area contributed by atoms with Crippen molar-refractivity contribution in [2.75, 3.05) is 5.73 Å². The maximum absolute atomic E-state index is 13.0. The van der Waals surface area contributed by atoms with E-state index in [-0.39, 0.29) is 11.6 Å². The third kappa shape index (κ3) is 2.26. The standard InChI is InChI=1S/C21H17N5O2/c1-25-17-9-8-13(18-23-24-21(22)28-18)10-15(17)16-11-14(12-6-4-3-5-7-12)20(27)26(2)19(16)25/h3-11H,1-2H3,(H2,22,24). The van der Waals surface area contributed by atoms with Crippen molar-refractivity contribution in [3.8, 4) is 22.6 Å². The number of nitrogen functional groups attached to an aromatic ring is 1. The summed E-state index contributed by atoms with van der Waals surface area (Å²) in [4.78, 5) is 13.0. The first-order valence-electron chi connectivity index (χ1n) is 8.81. The Bertz CT molecular complexity index is 1410. The van der Waals surface area contributed by atoms with Gasteiger partial charge in [-0.25, -0.2) is 0 Å². The van der Waals surface area contributed by atoms with Crippen LogP contribution in [0.25, 0.3) is 44.5 Å². The predicted octanol–water partition coefficient (Wildman–Crippen LogP) is 3.33. The van der Waals surface area contributed by atoms with Gasteiger partial charge in [-0.15, -0.1) is 5.10 Å². The van der Waals surface area contributed by atoms with Crippen molar-refractivity contribution in [1.82, 2.24) is 19.3 Å². The number of nitrogens with zero attached hydrogens (tertiary/aromatic N) is 4. The SMILES string of the molecule is Cn1c(=O)c(-c2ccccc2)cc2c3cc(-c4nnc(N)o4)ccc3n(C)c21. The van der Waals surface area contributed by atoms with Gasteiger partial charge in [-0.05, 0) is 29.8 Å². The summed E-state index contributed by atoms with van der Waals surface area (Å²) in [5, 5.41) is 9.68. The van der Waals surface area contributed by atoms with Gasteiger partial charge < -0.3 is 14.7 Å². The molecule has 0 saturated carbocycles. The van der Waals surface area contributed by atoms with Crippen molar-refractivity contribution in [2.45, 2.75) is 0 Å². The van der Waals surface area contributed by atoms with Crippen LogP contribution in [0.3, 0.4) is 0 Å². The summed E-state index contributed by atoms with van der Waals surface area (Å²) in [6.45, 7) is 0. The van der Waals surface area contributed by atoms with Gasteiger partial charge in [-0.2, -0.15) is 0 Å². The summed E-state index contributed by atoms with van der Waals surface area (Å²) in [7, 11) is 3.76. The smallest absolute Gasteiger partial charge is 0.313 e. The van der Waals surface area contributed by atoms with Crippen LogP contribution >= 0.6 is 0 Å². The van der Waals surface area contributed by atoms with Gasteiger partial charge >= 0.3 is 6.01 Å². The number of fused-ring (bicyclic) bond motifs is 3. The highest BCUT2D eigenvalue weighted by Gasteiger charge is 2.17. The van der Waals surface area contributed by atoms with Gasteiger partial charge in [-0.1, -0.05) is 35.4 Å². The van der Waals surface area contributed by atoms with Gasteiger partial charge in [0.05, 0.1) is 5.52 Å². The highest BCUT2D eigenvalue weighted by molar-refractivity contribution is 6.09. The first kappa shape index (κ1) is 16.3. The molecule has 0 atom stereocenters. The zero-order chi connectivity index (χ0) is 19.4. The molecular weight excluding hydrogens is 354 g/mol. The average molecular weight is 371 g/mol. The van der Waals surface area contributed by atoms with Gasteiger partial charge in [0.15, 0.2) is 0 Å². The van der Waals surface area contributed by atoms with Crippen LogP contribution in [0, 0.1) is 0 Å². The maximum Gasteiger partial charge on any atom is 0.313 e. The van der Waals surface area contributed by atoms with E-state index in [4.69, 9.17) is 10.2 Å². The van der Waals surface area contributed by atoms with E-state index < -0.39 is 0 Å². The number of rotatable bonds is 2. The molecule has 0 bridgehead atoms. The molecule has 0 saturated heterocycles. The lowest BCUT2D eigenvalue weighted by atomic mass is 10.0. The van der Waals surface area contributed by atoms with Crippen molar-refractivity contribution in [3.05, 3.63) is 65.0 Å². The molecule has 7 heteroatoms. The van der Waals surface area contributed by atoms with Gasteiger partial charge in [0.1, 0.15) is 5.65 Å². The topological polar surface area (TPSA) is 91.9 Å². The minimum atomic E-state index is -0.0329. The Labute approximate surface area is 159 Å². The van der Waals surface area contributed by atoms with Gasteiger partial charge in [0.2, 0.25) is 5.89 Å². The molecule has 0 aliphatic heterocycles. The van der Waals surface area contributed by atoms with E-state index >= 15 is 0 Å². The fourth-order valence-electron chi connectivity index (χ4n) is 3.80. The number of aryl methyl sites for hydroxylation is 2. The lowest BCUT2D eigenvalue weighted by molar-refractivity contribution is 0.590. The second-order valence-electron chi connectivity index (χ2n) is 6.76. The summed E-state index contributed by atoms with van der Waals surface area (Å²) in [5.74, 6) is 0.365. The summed E-state index contributed by atoms with van der Waals surface area (Å²) in [6.07, 6.45) is 0. The highest BCUT2D eigenvalue weighted by Crippen LogP contribution is 2.33. The molecule has 0 spiro atoms. The fourth-order valence-corrected chi connectivity index (χ4v) is 3.80. The first-order valence-corrected chi connectivity index (χ1v) is 8.81. The monoisotopic (exact) mass is 371 g/mol. The van der Waals surface area contributed by atoms with Crippen LogP contribution in [-0.4, -0.2) is 19.3 Å². The third-order valence-electron chi connectivity index (χ3n) is 5.12. The second kappa shape index (κ2) is 5.82. The minimum Gasteiger partial charge on any atom is -0.404 e. The van der Waals surface area contributed by atoms with Crippen LogP contribution in [0.1, 0.15) is 0 Å². The molecule has 0 aliphatic carbocycles. The summed E-state index contributed by atoms with van der Waals surface area (Å²) in [5.41, 5.74) is 9.71. The minimum absolute atomic E-state index is 0.0294. The fraction of sp³-hybridized carbons (Fsp3) is 0.0952. The van der Waals surface area contributed by atoms with Crippen LogP contribution in [0.2, 0.25) is 0 Å². The quantitative estimate of drug-likeness (QED) is 0.514. The number of benzene rings is 2. The van der Waals surface area contributed by atoms with E-state index in [9.17, 15) is 4.79 Å². The van der Waals surface area contributed by atoms with E-state index in [1.165, 1.54) is 0 Å². The van der Waals surface area contributed by atoms with Crippen molar-refractivity contribution in [1.29, 1.82) is 0 Å². The lowest BCUT2D eigenvalue weighted by Gasteiger charge is -2.08. The third-order valence-corrected chi connectivity index (χ3v) is 5.12. The Hall–Kier alpha value is -3.87. The van der Waals surface area contributed by atoms with E-state index in [1.54, 1.807) is 11.6 Å². The van der Waals surface area contributed by atoms with Gasteiger partial charge in [-0.3, -0.25) is 9.36 Å². The Morgan fingerprint density at radius 1 is 0.893 bits per heavy atom. The number of aromatic nitrogens is 4. The van der Waals surface area contributed by atoms with Crippen LogP contribution in [0.4, 0.5) is 6.01 Å². The predicted molar refractivity (Wildman–Crippen MR) is 109 cm³/mol. The summed E-state index contributed by atoms with van der Waals surface area (Å²) >= 11 is 0. The maximum atomic E-state index is 13.0. The molecule has 138 valence electrons. The lowest BCUT2D eigenvalue weighted by Crippen LogP contribution is -2.20. The van der Waals surface area contributed by atoms with E-state index in [1.807, 2.05) is 66.2 Å². The molecule has 3 heterocycles. The Kier molecular flexibility index (Phi) is 3.39. The molecule has 0 radical (unpaired) electrons. The molecule has 0 unspecified atom stereocenters. The molecule has 0 fully saturated rings. The molecule has 7 nitrogen and oxygen atoms in total. The number of hydrogen-bond donors (Lipinski definition) is 1. The molecule has 5 rings (SSSR count). The molecule has 2 N–H and O–H groups in total. The molecule has 3 aromatic heterocycles. The van der Waals surface area contributed by atoms with Crippen LogP contribution in [0.15, 0.2) is 63.8 Å². The first-order chi connectivity index (χ1) is 13.5. The molecule has 0 aliphatic rings. The average Bonchev–Trinajstić information content (AvgIpc) is 3.27. The Balaban J connectivity index is 1.86. The van der Waals surface area contributed by atoms with Crippen molar-refractivity contribution in [3.63, 3.8) is 0 Å². The molecule has 28 heavy (non-hydrogen) atoms. The van der Waals surface area contributed by atoms with Crippen molar-refractivity contribution >= 4 is 28.0 Å². The zero-order valence-corrected chi connectivity index (χ0v) is 15.4. The molecule has 2 aromatic carbocycles. The highest BCUT2D eigenvalue weighted by atomic mass is 16.4. The summed E-state index contributed by atoms with van der Waals surface area (Å²) in [6, 6.07) is 17.6. The Morgan fingerprint density at radius 3 is 2.39 bits per heavy atom. The van der Waals surface area contributed by atoms with E-state index in [0.717, 1.165) is 33.1 Å². The number of hydrogen-bond acceptors (Lipinski definition) is 5. The van der Waals surface area contributed by atoms with Crippen molar-refractivity contribution < 1.29 is 4.42 Å². The van der Waals surface area contributed by atoms with E-state index in [2.05, 4.69) is 10.2 Å². The number of anilines is 1. The normalized spacial score (nSPS) is 11.5. The number of pyridine rings is 1. The Morgan fingerprint density at radius 2 is 1.68 bits per heavy atom. The van der Waals surface area contributed by atoms with Crippen LogP contribution in [0.5, 0.6) is 0 Å². The van der Waals surface area contributed by atoms with Gasteiger partial charge in [0.25, 0.3) is 5.56 Å². The summed E-state index contributed by atoms with van der Waals surface area (Å²) < 4.78 is 9.08. The van der Waals surface area contributed by atoms with Crippen LogP contribution < -0.4 is 11.3 Å². The van der Waals surface area contributed by atoms with E-state index in [0.29, 0.717) is 11.5 Å². The second-order valence-corrected chi connectivity index (χ2v) is 6.76. The molecular formula is C21H17N5O2. The van der Waals surface area contributed by atoms with Crippen molar-refractivity contribution in [2.24, 2.45) is 14.1 Å². The molecule has 5 aromatic rings. The van der Waals surface area contributed by atoms with Gasteiger partial charge in [0, 0.05) is 36.0 Å². The number of nitrogens with two attached hydrogens (primary N) is 1. The van der Waals surface area contributed by atoms with Crippen LogP contribution in [-0.2, 0) is 14.1 Å². The zero-order valence-electron chi connectivity index (χ0n) is 15.4. The largest absolute Gasteiger partial charge is 0.404 e. The molecule has 0 amide bonds.